The molecule has 0 bridgehead atoms. The van der Waals surface area contributed by atoms with Crippen LogP contribution >= 0.6 is 24.8 Å². The van der Waals surface area contributed by atoms with Gasteiger partial charge >= 0.3 is 0 Å². The van der Waals surface area contributed by atoms with Crippen molar-refractivity contribution < 1.29 is 14.6 Å². The Morgan fingerprint density at radius 2 is 1.77 bits per heavy atom. The van der Waals surface area contributed by atoms with Crippen LogP contribution in [0.15, 0.2) is 30.3 Å². The molecular weight excluding hydrogens is 485 g/mol. The molecule has 2 heterocycles. The molecule has 1 aliphatic carbocycles. The molecule has 1 saturated carbocycles. The van der Waals surface area contributed by atoms with Gasteiger partial charge in [-0.15, -0.1) is 29.9 Å². The lowest BCUT2D eigenvalue weighted by Crippen LogP contribution is -2.43. The first-order valence-corrected chi connectivity index (χ1v) is 12.8. The summed E-state index contributed by atoms with van der Waals surface area (Å²) in [6.45, 7) is 4.32. The van der Waals surface area contributed by atoms with Crippen LogP contribution in [0.5, 0.6) is 11.6 Å². The number of likely N-dealkylation sites (tertiary alicyclic amines) is 1. The van der Waals surface area contributed by atoms with Crippen molar-refractivity contribution in [1.82, 2.24) is 15.1 Å². The quantitative estimate of drug-likeness (QED) is 0.450. The molecule has 2 aliphatic rings. The average Bonchev–Trinajstić information content (AvgIpc) is 2.84. The van der Waals surface area contributed by atoms with Gasteiger partial charge in [0.2, 0.25) is 5.88 Å². The van der Waals surface area contributed by atoms with Crippen molar-refractivity contribution in [2.45, 2.75) is 76.9 Å². The van der Waals surface area contributed by atoms with E-state index in [4.69, 9.17) is 9.47 Å². The van der Waals surface area contributed by atoms with Crippen LogP contribution in [0.25, 0.3) is 11.1 Å². The number of ether oxygens (including phenoxy) is 2. The fourth-order valence-corrected chi connectivity index (χ4v) is 4.86. The van der Waals surface area contributed by atoms with Crippen molar-refractivity contribution >= 4 is 24.8 Å². The number of hydrogen-bond donors (Lipinski definition) is 1. The number of piperidine rings is 1. The second kappa shape index (κ2) is 14.8. The Kier molecular flexibility index (Phi) is 12.6. The van der Waals surface area contributed by atoms with Crippen LogP contribution in [0.3, 0.4) is 0 Å². The van der Waals surface area contributed by atoms with Crippen LogP contribution < -0.4 is 9.47 Å². The van der Waals surface area contributed by atoms with Crippen molar-refractivity contribution in [3.63, 3.8) is 0 Å². The van der Waals surface area contributed by atoms with E-state index in [9.17, 15) is 5.11 Å². The number of benzene rings is 1. The van der Waals surface area contributed by atoms with E-state index < -0.39 is 0 Å². The first-order valence-electron chi connectivity index (χ1n) is 12.8. The molecule has 1 saturated heterocycles. The minimum absolute atomic E-state index is 0. The zero-order chi connectivity index (χ0) is 23.0. The largest absolute Gasteiger partial charge is 0.490 e. The van der Waals surface area contributed by atoms with Gasteiger partial charge in [0.15, 0.2) is 0 Å². The summed E-state index contributed by atoms with van der Waals surface area (Å²) in [6, 6.07) is 10.4. The van der Waals surface area contributed by atoms with E-state index >= 15 is 0 Å². The predicted octanol–water partition coefficient (Wildman–Crippen LogP) is 5.73. The summed E-state index contributed by atoms with van der Waals surface area (Å²) in [5, 5.41) is 19.2. The fraction of sp³-hybridized carbons (Fsp3) is 0.630. The van der Waals surface area contributed by atoms with Gasteiger partial charge in [0.1, 0.15) is 5.75 Å². The summed E-state index contributed by atoms with van der Waals surface area (Å²) in [5.74, 6) is 1.59. The molecule has 2 aromatic rings. The lowest BCUT2D eigenvalue weighted by atomic mass is 9.95. The molecule has 35 heavy (non-hydrogen) atoms. The molecule has 1 N–H and O–H groups in total. The molecule has 2 fully saturated rings. The van der Waals surface area contributed by atoms with E-state index in [2.05, 4.69) is 46.3 Å². The zero-order valence-electron chi connectivity index (χ0n) is 21.0. The lowest BCUT2D eigenvalue weighted by Gasteiger charge is -2.33. The van der Waals surface area contributed by atoms with Gasteiger partial charge in [0.25, 0.3) is 0 Å². The first-order chi connectivity index (χ1) is 16.1. The second-order valence-electron chi connectivity index (χ2n) is 9.74. The van der Waals surface area contributed by atoms with Gasteiger partial charge < -0.3 is 19.5 Å². The number of hydrogen-bond acceptors (Lipinski definition) is 6. The van der Waals surface area contributed by atoms with E-state index in [1.807, 2.05) is 13.1 Å². The van der Waals surface area contributed by atoms with Gasteiger partial charge in [-0.1, -0.05) is 31.9 Å². The van der Waals surface area contributed by atoms with Crippen LogP contribution in [0, 0.1) is 5.92 Å². The number of unbranched alkanes of at least 4 members (excludes halogenated alkanes) is 1. The summed E-state index contributed by atoms with van der Waals surface area (Å²) >= 11 is 0. The smallest absolute Gasteiger partial charge is 0.234 e. The zero-order valence-corrected chi connectivity index (χ0v) is 22.7. The molecule has 4 rings (SSSR count). The molecule has 0 radical (unpaired) electrons. The van der Waals surface area contributed by atoms with E-state index in [0.717, 1.165) is 67.6 Å². The maximum absolute atomic E-state index is 10.4. The monoisotopic (exact) mass is 525 g/mol. The number of rotatable bonds is 9. The van der Waals surface area contributed by atoms with E-state index in [-0.39, 0.29) is 36.8 Å². The van der Waals surface area contributed by atoms with Crippen molar-refractivity contribution in [3.8, 4) is 22.8 Å². The fourth-order valence-electron chi connectivity index (χ4n) is 4.86. The Bertz CT molecular complexity index is 878. The minimum Gasteiger partial charge on any atom is -0.490 e. The highest BCUT2D eigenvalue weighted by Crippen LogP contribution is 2.30. The minimum atomic E-state index is -0.364. The Balaban J connectivity index is 0.00000216. The van der Waals surface area contributed by atoms with Crippen molar-refractivity contribution in [2.75, 3.05) is 26.7 Å². The molecule has 2 atom stereocenters. The van der Waals surface area contributed by atoms with Crippen LogP contribution in [-0.2, 0) is 6.42 Å². The summed E-state index contributed by atoms with van der Waals surface area (Å²) < 4.78 is 12.2. The first kappa shape index (κ1) is 29.6. The molecule has 0 amide bonds. The third kappa shape index (κ3) is 8.49. The highest BCUT2D eigenvalue weighted by molar-refractivity contribution is 5.85. The highest BCUT2D eigenvalue weighted by atomic mass is 35.5. The number of likely N-dealkylation sites (N-methyl/N-ethyl adjacent to an activating group) is 1. The number of aromatic nitrogens is 2. The summed E-state index contributed by atoms with van der Waals surface area (Å²) in [5.41, 5.74) is 3.18. The van der Waals surface area contributed by atoms with Crippen molar-refractivity contribution in [1.29, 1.82) is 0 Å². The second-order valence-corrected chi connectivity index (χ2v) is 9.74. The molecule has 0 spiro atoms. The molecular formula is C27H41Cl2N3O3. The number of aryl methyl sites for hydroxylation is 1. The summed E-state index contributed by atoms with van der Waals surface area (Å²) in [6.07, 6.45) is 10.2. The van der Waals surface area contributed by atoms with Gasteiger partial charge in [0.05, 0.1) is 24.5 Å². The Hall–Kier alpha value is -1.60. The highest BCUT2D eigenvalue weighted by Gasteiger charge is 2.26. The SMILES string of the molecule is CCCCc1nnc(OCC2CCN(C)CC2O)cc1-c1ccc(OC2CCCCC2)cc1.Cl.Cl. The summed E-state index contributed by atoms with van der Waals surface area (Å²) in [7, 11) is 2.04. The van der Waals surface area contributed by atoms with Crippen LogP contribution in [0.2, 0.25) is 0 Å². The molecule has 1 aliphatic heterocycles. The standard InChI is InChI=1S/C27H39N3O3.2ClH/c1-3-4-10-25-24(20-11-13-23(14-12-20)33-22-8-6-5-7-9-22)17-27(29-28-25)32-19-21-15-16-30(2)18-26(21)31;;/h11-14,17,21-22,26,31H,3-10,15-16,18-19H2,1-2H3;2*1H. The molecule has 1 aromatic carbocycles. The van der Waals surface area contributed by atoms with Crippen molar-refractivity contribution in [2.24, 2.45) is 5.92 Å². The van der Waals surface area contributed by atoms with Crippen LogP contribution in [0.4, 0.5) is 0 Å². The number of aliphatic hydroxyl groups is 1. The number of nitrogens with zero attached hydrogens (tertiary/aromatic N) is 3. The van der Waals surface area contributed by atoms with E-state index in [1.165, 1.54) is 19.3 Å². The van der Waals surface area contributed by atoms with Gasteiger partial charge in [-0.25, -0.2) is 0 Å². The van der Waals surface area contributed by atoms with Crippen molar-refractivity contribution in [3.05, 3.63) is 36.0 Å². The van der Waals surface area contributed by atoms with Crippen LogP contribution in [0.1, 0.15) is 64.0 Å². The Morgan fingerprint density at radius 1 is 1.03 bits per heavy atom. The molecule has 8 heteroatoms. The van der Waals surface area contributed by atoms with Gasteiger partial charge in [-0.3, -0.25) is 0 Å². The normalized spacial score (nSPS) is 21.0. The maximum Gasteiger partial charge on any atom is 0.234 e. The van der Waals surface area contributed by atoms with Gasteiger partial charge in [0, 0.05) is 24.1 Å². The molecule has 2 unspecified atom stereocenters. The lowest BCUT2D eigenvalue weighted by molar-refractivity contribution is 0.0107. The third-order valence-electron chi connectivity index (χ3n) is 7.01. The van der Waals surface area contributed by atoms with Gasteiger partial charge in [-0.2, -0.15) is 5.10 Å². The number of aliphatic hydroxyl groups excluding tert-OH is 1. The Morgan fingerprint density at radius 3 is 2.46 bits per heavy atom. The molecule has 6 nitrogen and oxygen atoms in total. The molecule has 1 aromatic heterocycles. The topological polar surface area (TPSA) is 67.7 Å². The van der Waals surface area contributed by atoms with Gasteiger partial charge in [-0.05, 0) is 76.2 Å². The number of β-amino-alcohol motifs (C(OH)–C–C–N with tert-alkyl or cyclic N) is 1. The average molecular weight is 527 g/mol. The predicted molar refractivity (Wildman–Crippen MR) is 145 cm³/mol. The van der Waals surface area contributed by atoms with Crippen LogP contribution in [-0.4, -0.2) is 59.2 Å². The summed E-state index contributed by atoms with van der Waals surface area (Å²) in [4.78, 5) is 2.16. The third-order valence-corrected chi connectivity index (χ3v) is 7.01. The van der Waals surface area contributed by atoms with E-state index in [1.54, 1.807) is 0 Å². The Labute approximate surface area is 222 Å². The van der Waals surface area contributed by atoms with E-state index in [0.29, 0.717) is 25.1 Å². The number of halogens is 2. The maximum atomic E-state index is 10.4. The molecule has 196 valence electrons.